The Labute approximate surface area is 103 Å². The Hall–Kier alpha value is -2.21. The van der Waals surface area contributed by atoms with Crippen molar-refractivity contribution in [1.82, 2.24) is 5.06 Å². The monoisotopic (exact) mass is 249 g/mol. The summed E-state index contributed by atoms with van der Waals surface area (Å²) in [5.41, 5.74) is 0.476. The van der Waals surface area contributed by atoms with Crippen molar-refractivity contribution in [3.63, 3.8) is 0 Å². The Bertz CT molecular complexity index is 476. The van der Waals surface area contributed by atoms with Crippen molar-refractivity contribution < 1.29 is 24.0 Å². The second-order valence-electron chi connectivity index (χ2n) is 3.66. The lowest BCUT2D eigenvalue weighted by molar-refractivity contribution is -0.169. The first kappa shape index (κ1) is 12.3. The van der Waals surface area contributed by atoms with Gasteiger partial charge < -0.3 is 9.57 Å². The van der Waals surface area contributed by atoms with Gasteiger partial charge in [0.05, 0.1) is 24.2 Å². The molecule has 0 bridgehead atoms. The molecular formula is C12H11NO5. The molecule has 6 heteroatoms. The maximum atomic E-state index is 11.8. The Kier molecular flexibility index (Phi) is 3.38. The molecule has 0 N–H and O–H groups in total. The summed E-state index contributed by atoms with van der Waals surface area (Å²) in [5.74, 6) is -1.94. The van der Waals surface area contributed by atoms with Gasteiger partial charge in [-0.2, -0.15) is 0 Å². The van der Waals surface area contributed by atoms with Crippen LogP contribution in [0.3, 0.4) is 0 Å². The highest BCUT2D eigenvalue weighted by Gasteiger charge is 2.38. The van der Waals surface area contributed by atoms with Crippen LogP contribution in [0.15, 0.2) is 24.3 Å². The van der Waals surface area contributed by atoms with Gasteiger partial charge in [0.2, 0.25) is 0 Å². The van der Waals surface area contributed by atoms with Gasteiger partial charge in [-0.05, 0) is 12.1 Å². The van der Waals surface area contributed by atoms with Crippen molar-refractivity contribution in [3.8, 4) is 0 Å². The molecule has 94 valence electrons. The summed E-state index contributed by atoms with van der Waals surface area (Å²) in [4.78, 5) is 39.7. The maximum Gasteiger partial charge on any atom is 0.335 e. The minimum absolute atomic E-state index is 0.0239. The van der Waals surface area contributed by atoms with Crippen LogP contribution in [0.5, 0.6) is 0 Å². The first-order valence-corrected chi connectivity index (χ1v) is 5.32. The molecule has 0 aliphatic carbocycles. The van der Waals surface area contributed by atoms with Crippen molar-refractivity contribution in [3.05, 3.63) is 35.4 Å². The van der Waals surface area contributed by atoms with Crippen molar-refractivity contribution in [1.29, 1.82) is 0 Å². The van der Waals surface area contributed by atoms with E-state index in [1.54, 1.807) is 12.1 Å². The summed E-state index contributed by atoms with van der Waals surface area (Å²) < 4.78 is 4.70. The zero-order valence-electron chi connectivity index (χ0n) is 9.71. The number of hydrogen-bond donors (Lipinski definition) is 0. The van der Waals surface area contributed by atoms with E-state index in [1.165, 1.54) is 19.2 Å². The smallest absolute Gasteiger partial charge is 0.335 e. The van der Waals surface area contributed by atoms with Gasteiger partial charge in [-0.1, -0.05) is 17.2 Å². The number of imide groups is 1. The van der Waals surface area contributed by atoms with Crippen LogP contribution in [0.4, 0.5) is 0 Å². The number of hydroxylamine groups is 2. The molecule has 2 rings (SSSR count). The van der Waals surface area contributed by atoms with E-state index in [2.05, 4.69) is 0 Å². The molecule has 2 amide bonds. The Morgan fingerprint density at radius 3 is 2.22 bits per heavy atom. The van der Waals surface area contributed by atoms with Gasteiger partial charge in [-0.3, -0.25) is 9.59 Å². The van der Waals surface area contributed by atoms with Crippen LogP contribution < -0.4 is 0 Å². The third-order valence-corrected chi connectivity index (χ3v) is 2.46. The van der Waals surface area contributed by atoms with E-state index in [1.807, 2.05) is 0 Å². The lowest BCUT2D eigenvalue weighted by atomic mass is 10.1. The summed E-state index contributed by atoms with van der Waals surface area (Å²) >= 11 is 0. The van der Waals surface area contributed by atoms with Crippen LogP contribution in [0.25, 0.3) is 0 Å². The molecule has 6 nitrogen and oxygen atoms in total. The molecule has 18 heavy (non-hydrogen) atoms. The summed E-state index contributed by atoms with van der Waals surface area (Å²) in [6.07, 6.45) is -0.0239. The number of nitrogens with zero attached hydrogens (tertiary/aromatic N) is 1. The average Bonchev–Trinajstić information content (AvgIpc) is 2.62. The predicted octanol–water partition coefficient (Wildman–Crippen LogP) is 0.777. The molecular weight excluding hydrogens is 238 g/mol. The van der Waals surface area contributed by atoms with E-state index in [4.69, 9.17) is 9.57 Å². The fraction of sp³-hybridized carbons (Fsp3) is 0.250. The molecule has 0 spiro atoms. The van der Waals surface area contributed by atoms with Gasteiger partial charge in [0, 0.05) is 7.11 Å². The second-order valence-corrected chi connectivity index (χ2v) is 3.66. The Balaban J connectivity index is 2.11. The Morgan fingerprint density at radius 1 is 1.17 bits per heavy atom. The van der Waals surface area contributed by atoms with E-state index in [0.29, 0.717) is 5.06 Å². The second kappa shape index (κ2) is 4.97. The number of ether oxygens (including phenoxy) is 1. The molecule has 0 fully saturated rings. The first-order chi connectivity index (χ1) is 8.65. The van der Waals surface area contributed by atoms with Crippen molar-refractivity contribution in [2.24, 2.45) is 0 Å². The predicted molar refractivity (Wildman–Crippen MR) is 59.5 cm³/mol. The van der Waals surface area contributed by atoms with Crippen molar-refractivity contribution in [2.45, 2.75) is 6.42 Å². The summed E-state index contributed by atoms with van der Waals surface area (Å²) in [5, 5.41) is 0.489. The van der Waals surface area contributed by atoms with Gasteiger partial charge in [0.15, 0.2) is 0 Å². The topological polar surface area (TPSA) is 72.9 Å². The number of amides is 2. The highest BCUT2D eigenvalue weighted by atomic mass is 16.7. The van der Waals surface area contributed by atoms with Crippen LogP contribution >= 0.6 is 0 Å². The largest absolute Gasteiger partial charge is 0.384 e. The van der Waals surface area contributed by atoms with Gasteiger partial charge in [0.1, 0.15) is 0 Å². The molecule has 0 saturated heterocycles. The van der Waals surface area contributed by atoms with E-state index in [-0.39, 0.29) is 24.2 Å². The van der Waals surface area contributed by atoms with Crippen LogP contribution in [0.1, 0.15) is 27.1 Å². The molecule has 1 aromatic carbocycles. The molecule has 0 aromatic heterocycles. The molecule has 0 atom stereocenters. The number of hydrogen-bond acceptors (Lipinski definition) is 5. The Morgan fingerprint density at radius 2 is 1.72 bits per heavy atom. The van der Waals surface area contributed by atoms with Crippen LogP contribution in [0, 0.1) is 0 Å². The van der Waals surface area contributed by atoms with Gasteiger partial charge in [-0.15, -0.1) is 0 Å². The number of methoxy groups -OCH3 is 1. The number of fused-ring (bicyclic) bond motifs is 1. The standard InChI is InChI=1S/C12H11NO5/c1-17-7-6-10(14)18-13-11(15)8-4-2-3-5-9(8)12(13)16/h2-5H,6-7H2,1H3. The highest BCUT2D eigenvalue weighted by molar-refractivity contribution is 6.20. The molecule has 0 radical (unpaired) electrons. The highest BCUT2D eigenvalue weighted by Crippen LogP contribution is 2.22. The van der Waals surface area contributed by atoms with Crippen LogP contribution in [-0.4, -0.2) is 36.6 Å². The SMILES string of the molecule is COCCC(=O)ON1C(=O)c2ccccc2C1=O. The van der Waals surface area contributed by atoms with E-state index >= 15 is 0 Å². The van der Waals surface area contributed by atoms with E-state index in [9.17, 15) is 14.4 Å². The zero-order valence-corrected chi connectivity index (χ0v) is 9.71. The number of benzene rings is 1. The number of carbonyl (C=O) groups is 3. The van der Waals surface area contributed by atoms with Gasteiger partial charge >= 0.3 is 5.97 Å². The quantitative estimate of drug-likeness (QED) is 0.737. The van der Waals surface area contributed by atoms with E-state index < -0.39 is 17.8 Å². The third-order valence-electron chi connectivity index (χ3n) is 2.46. The average molecular weight is 249 g/mol. The van der Waals surface area contributed by atoms with E-state index in [0.717, 1.165) is 0 Å². The zero-order chi connectivity index (χ0) is 13.1. The number of carbonyl (C=O) groups excluding carboxylic acids is 3. The molecule has 1 aliphatic heterocycles. The van der Waals surface area contributed by atoms with Crippen LogP contribution in [-0.2, 0) is 14.4 Å². The molecule has 1 heterocycles. The molecule has 1 aromatic rings. The normalized spacial score (nSPS) is 13.7. The maximum absolute atomic E-state index is 11.8. The lowest BCUT2D eigenvalue weighted by Crippen LogP contribution is -2.32. The number of rotatable bonds is 4. The lowest BCUT2D eigenvalue weighted by Gasteiger charge is -2.12. The summed E-state index contributed by atoms with van der Waals surface area (Å²) in [6, 6.07) is 6.30. The summed E-state index contributed by atoms with van der Waals surface area (Å²) in [7, 11) is 1.44. The minimum Gasteiger partial charge on any atom is -0.384 e. The fourth-order valence-corrected chi connectivity index (χ4v) is 1.58. The summed E-state index contributed by atoms with van der Waals surface area (Å²) in [6.45, 7) is 0.169. The van der Waals surface area contributed by atoms with Crippen molar-refractivity contribution in [2.75, 3.05) is 13.7 Å². The third kappa shape index (κ3) is 2.10. The van der Waals surface area contributed by atoms with Gasteiger partial charge in [0.25, 0.3) is 11.8 Å². The first-order valence-electron chi connectivity index (χ1n) is 5.32. The van der Waals surface area contributed by atoms with Gasteiger partial charge in [-0.25, -0.2) is 4.79 Å². The minimum atomic E-state index is -0.689. The van der Waals surface area contributed by atoms with Crippen LogP contribution in [0.2, 0.25) is 0 Å². The molecule has 0 saturated carbocycles. The fourth-order valence-electron chi connectivity index (χ4n) is 1.58. The molecule has 0 unspecified atom stereocenters. The van der Waals surface area contributed by atoms with Crippen molar-refractivity contribution >= 4 is 17.8 Å². The molecule has 1 aliphatic rings.